The van der Waals surface area contributed by atoms with Crippen LogP contribution in [0.2, 0.25) is 0 Å². The molecule has 1 aromatic heterocycles. The first-order valence-corrected chi connectivity index (χ1v) is 11.5. The van der Waals surface area contributed by atoms with E-state index in [9.17, 15) is 0 Å². The van der Waals surface area contributed by atoms with Crippen LogP contribution in [0, 0.1) is 5.92 Å². The maximum absolute atomic E-state index is 5.60. The van der Waals surface area contributed by atoms with Crippen molar-refractivity contribution in [2.45, 2.75) is 32.4 Å². The Kier molecular flexibility index (Phi) is 8.39. The van der Waals surface area contributed by atoms with Gasteiger partial charge in [0.15, 0.2) is 17.5 Å². The molecular weight excluding hydrogens is 396 g/mol. The van der Waals surface area contributed by atoms with Crippen molar-refractivity contribution in [3.8, 4) is 11.5 Å². The number of aliphatic imine (C=N–C) groups is 1. The van der Waals surface area contributed by atoms with Crippen LogP contribution < -0.4 is 20.1 Å². The van der Waals surface area contributed by atoms with Crippen LogP contribution in [-0.4, -0.2) is 51.8 Å². The number of hydrogen-bond donors (Lipinski definition) is 2. The third-order valence-electron chi connectivity index (χ3n) is 5.58. The number of rotatable bonds is 8. The first-order chi connectivity index (χ1) is 14.7. The Morgan fingerprint density at radius 2 is 2.13 bits per heavy atom. The molecule has 0 bridgehead atoms. The molecule has 1 aromatic carbocycles. The van der Waals surface area contributed by atoms with Crippen molar-refractivity contribution >= 4 is 17.3 Å². The van der Waals surface area contributed by atoms with E-state index < -0.39 is 0 Å². The predicted molar refractivity (Wildman–Crippen MR) is 125 cm³/mol. The minimum atomic E-state index is 0.472. The molecule has 2 unspecified atom stereocenters. The molecule has 1 aliphatic heterocycles. The fourth-order valence-electron chi connectivity index (χ4n) is 4.11. The summed E-state index contributed by atoms with van der Waals surface area (Å²) in [5.41, 5.74) is 1.12. The van der Waals surface area contributed by atoms with E-state index in [4.69, 9.17) is 9.47 Å². The van der Waals surface area contributed by atoms with Gasteiger partial charge < -0.3 is 20.1 Å². The van der Waals surface area contributed by atoms with E-state index in [-0.39, 0.29) is 0 Å². The van der Waals surface area contributed by atoms with E-state index in [0.717, 1.165) is 36.1 Å². The summed E-state index contributed by atoms with van der Waals surface area (Å²) in [5.74, 6) is 2.91. The minimum Gasteiger partial charge on any atom is -0.493 e. The summed E-state index contributed by atoms with van der Waals surface area (Å²) in [6.45, 7) is 5.32. The standard InChI is InChI=1S/C23H34N4O2S/c1-5-29-19-11-10-17(14-20(19)28-4)15-25-23(24-2)26-16-18-8-6-12-27(3)22(18)21-9-7-13-30-21/h7,9-11,13-14,18,22H,5-6,8,12,15-16H2,1-4H3,(H2,24,25,26). The van der Waals surface area contributed by atoms with Gasteiger partial charge in [-0.15, -0.1) is 11.3 Å². The zero-order valence-electron chi connectivity index (χ0n) is 18.5. The van der Waals surface area contributed by atoms with Crippen LogP contribution >= 0.6 is 11.3 Å². The number of guanidine groups is 1. The van der Waals surface area contributed by atoms with Crippen LogP contribution in [0.3, 0.4) is 0 Å². The van der Waals surface area contributed by atoms with Crippen LogP contribution in [0.5, 0.6) is 11.5 Å². The second-order valence-electron chi connectivity index (χ2n) is 7.57. The van der Waals surface area contributed by atoms with Crippen molar-refractivity contribution in [1.82, 2.24) is 15.5 Å². The summed E-state index contributed by atoms with van der Waals surface area (Å²) >= 11 is 1.86. The van der Waals surface area contributed by atoms with Crippen LogP contribution in [0.15, 0.2) is 40.7 Å². The smallest absolute Gasteiger partial charge is 0.191 e. The van der Waals surface area contributed by atoms with Gasteiger partial charge in [-0.05, 0) is 68.4 Å². The number of thiophene rings is 1. The fraction of sp³-hybridized carbons (Fsp3) is 0.522. The maximum atomic E-state index is 5.60. The Morgan fingerprint density at radius 1 is 1.27 bits per heavy atom. The van der Waals surface area contributed by atoms with Gasteiger partial charge in [0.25, 0.3) is 0 Å². The molecule has 6 nitrogen and oxygen atoms in total. The second-order valence-corrected chi connectivity index (χ2v) is 8.55. The summed E-state index contributed by atoms with van der Waals surface area (Å²) in [6, 6.07) is 10.9. The molecular formula is C23H34N4O2S. The third-order valence-corrected chi connectivity index (χ3v) is 6.53. The molecule has 0 spiro atoms. The molecule has 2 atom stereocenters. The lowest BCUT2D eigenvalue weighted by Crippen LogP contribution is -2.44. The van der Waals surface area contributed by atoms with Crippen molar-refractivity contribution in [3.63, 3.8) is 0 Å². The highest BCUT2D eigenvalue weighted by atomic mass is 32.1. The largest absolute Gasteiger partial charge is 0.493 e. The van der Waals surface area contributed by atoms with Gasteiger partial charge in [-0.2, -0.15) is 0 Å². The lowest BCUT2D eigenvalue weighted by atomic mass is 9.88. The third kappa shape index (κ3) is 5.67. The molecule has 2 heterocycles. The molecule has 3 rings (SSSR count). The molecule has 1 saturated heterocycles. The molecule has 1 fully saturated rings. The molecule has 2 N–H and O–H groups in total. The first-order valence-electron chi connectivity index (χ1n) is 10.6. The Morgan fingerprint density at radius 3 is 2.83 bits per heavy atom. The zero-order valence-corrected chi connectivity index (χ0v) is 19.3. The van der Waals surface area contributed by atoms with E-state index >= 15 is 0 Å². The van der Waals surface area contributed by atoms with Crippen LogP contribution in [0.1, 0.15) is 36.2 Å². The van der Waals surface area contributed by atoms with Gasteiger partial charge in [0.1, 0.15) is 0 Å². The number of benzene rings is 1. The monoisotopic (exact) mass is 430 g/mol. The molecule has 7 heteroatoms. The van der Waals surface area contributed by atoms with Crippen molar-refractivity contribution in [1.29, 1.82) is 0 Å². The normalized spacial score (nSPS) is 20.1. The average Bonchev–Trinajstić information content (AvgIpc) is 3.29. The van der Waals surface area contributed by atoms with E-state index in [1.165, 1.54) is 17.7 Å². The van der Waals surface area contributed by atoms with Crippen molar-refractivity contribution in [3.05, 3.63) is 46.2 Å². The number of methoxy groups -OCH3 is 1. The molecule has 0 radical (unpaired) electrons. The summed E-state index contributed by atoms with van der Waals surface area (Å²) in [5, 5.41) is 9.14. The predicted octanol–water partition coefficient (Wildman–Crippen LogP) is 3.90. The van der Waals surface area contributed by atoms with E-state index in [2.05, 4.69) is 51.2 Å². The average molecular weight is 431 g/mol. The van der Waals surface area contributed by atoms with E-state index in [0.29, 0.717) is 25.1 Å². The topological polar surface area (TPSA) is 58.1 Å². The van der Waals surface area contributed by atoms with Crippen molar-refractivity contribution in [2.24, 2.45) is 10.9 Å². The fourth-order valence-corrected chi connectivity index (χ4v) is 5.10. The van der Waals surface area contributed by atoms with Crippen LogP contribution in [-0.2, 0) is 6.54 Å². The maximum Gasteiger partial charge on any atom is 0.191 e. The van der Waals surface area contributed by atoms with Gasteiger partial charge in [0.2, 0.25) is 0 Å². The van der Waals surface area contributed by atoms with E-state index in [1.54, 1.807) is 7.11 Å². The van der Waals surface area contributed by atoms with Gasteiger partial charge in [0.05, 0.1) is 13.7 Å². The molecule has 30 heavy (non-hydrogen) atoms. The number of piperidine rings is 1. The van der Waals surface area contributed by atoms with Crippen LogP contribution in [0.4, 0.5) is 0 Å². The number of nitrogens with one attached hydrogen (secondary N) is 2. The van der Waals surface area contributed by atoms with Crippen LogP contribution in [0.25, 0.3) is 0 Å². The molecule has 0 aliphatic carbocycles. The van der Waals surface area contributed by atoms with E-state index in [1.807, 2.05) is 37.4 Å². The van der Waals surface area contributed by atoms with Crippen molar-refractivity contribution in [2.75, 3.05) is 40.9 Å². The SMILES string of the molecule is CCOc1ccc(CNC(=NC)NCC2CCCN(C)C2c2cccs2)cc1OC. The highest BCUT2D eigenvalue weighted by Gasteiger charge is 2.31. The Balaban J connectivity index is 1.57. The second kappa shape index (κ2) is 11.2. The van der Waals surface area contributed by atoms with Gasteiger partial charge in [-0.25, -0.2) is 0 Å². The Bertz CT molecular complexity index is 810. The highest BCUT2D eigenvalue weighted by Crippen LogP contribution is 2.36. The van der Waals surface area contributed by atoms with Gasteiger partial charge in [0, 0.05) is 31.1 Å². The van der Waals surface area contributed by atoms with Gasteiger partial charge in [-0.1, -0.05) is 12.1 Å². The first kappa shape index (κ1) is 22.4. The number of likely N-dealkylation sites (tertiary alicyclic amines) is 1. The molecule has 164 valence electrons. The molecule has 1 aliphatic rings. The lowest BCUT2D eigenvalue weighted by molar-refractivity contribution is 0.125. The summed E-state index contributed by atoms with van der Waals surface area (Å²) in [7, 11) is 5.72. The number of ether oxygens (including phenoxy) is 2. The van der Waals surface area contributed by atoms with Gasteiger partial charge >= 0.3 is 0 Å². The molecule has 0 saturated carbocycles. The summed E-state index contributed by atoms with van der Waals surface area (Å²) < 4.78 is 11.1. The number of nitrogens with zero attached hydrogens (tertiary/aromatic N) is 2. The number of hydrogen-bond acceptors (Lipinski definition) is 5. The summed E-state index contributed by atoms with van der Waals surface area (Å²) in [4.78, 5) is 8.35. The minimum absolute atomic E-state index is 0.472. The van der Waals surface area contributed by atoms with Gasteiger partial charge in [-0.3, -0.25) is 9.89 Å². The molecule has 2 aromatic rings. The highest BCUT2D eigenvalue weighted by molar-refractivity contribution is 7.10. The summed E-state index contributed by atoms with van der Waals surface area (Å²) in [6.07, 6.45) is 2.47. The molecule has 0 amide bonds. The Hall–Kier alpha value is -2.25. The zero-order chi connectivity index (χ0) is 21.3. The Labute approximate surface area is 184 Å². The quantitative estimate of drug-likeness (QED) is 0.491. The van der Waals surface area contributed by atoms with Crippen molar-refractivity contribution < 1.29 is 9.47 Å². The lowest BCUT2D eigenvalue weighted by Gasteiger charge is -2.39.